The largest absolute Gasteiger partial charge is 0.454 e. The molecular formula is C28H34N2O4. The summed E-state index contributed by atoms with van der Waals surface area (Å²) in [5.41, 5.74) is 0.587. The number of aliphatic hydroxyl groups is 1. The molecule has 6 heteroatoms. The predicted octanol–water partition coefficient (Wildman–Crippen LogP) is 3.33. The molecular weight excluding hydrogens is 428 g/mol. The van der Waals surface area contributed by atoms with Gasteiger partial charge >= 0.3 is 0 Å². The maximum absolute atomic E-state index is 13.3. The van der Waals surface area contributed by atoms with Gasteiger partial charge in [0.05, 0.1) is 0 Å². The first-order valence-electron chi connectivity index (χ1n) is 12.8. The van der Waals surface area contributed by atoms with Gasteiger partial charge in [-0.2, -0.15) is 0 Å². The maximum atomic E-state index is 13.3. The molecule has 0 radical (unpaired) electrons. The quantitative estimate of drug-likeness (QED) is 0.630. The van der Waals surface area contributed by atoms with Crippen molar-refractivity contribution in [2.24, 2.45) is 23.7 Å². The van der Waals surface area contributed by atoms with Crippen LogP contribution in [0, 0.1) is 23.7 Å². The second kappa shape index (κ2) is 8.90. The van der Waals surface area contributed by atoms with Crippen molar-refractivity contribution in [2.75, 3.05) is 33.0 Å². The molecule has 2 saturated carbocycles. The van der Waals surface area contributed by atoms with E-state index in [0.717, 1.165) is 68.8 Å². The molecule has 2 heterocycles. The minimum atomic E-state index is -1.42. The van der Waals surface area contributed by atoms with E-state index in [1.165, 1.54) is 5.56 Å². The Hall–Kier alpha value is -2.57. The lowest BCUT2D eigenvalue weighted by atomic mass is 9.79. The third-order valence-electron chi connectivity index (χ3n) is 8.61. The lowest BCUT2D eigenvalue weighted by Crippen LogP contribution is -2.49. The molecule has 1 saturated heterocycles. The van der Waals surface area contributed by atoms with Crippen molar-refractivity contribution in [2.45, 2.75) is 37.7 Å². The van der Waals surface area contributed by atoms with Gasteiger partial charge in [-0.05, 0) is 60.3 Å². The van der Waals surface area contributed by atoms with Gasteiger partial charge in [0.15, 0.2) is 17.1 Å². The Bertz CT molecular complexity index is 1030. The molecule has 2 N–H and O–H groups in total. The van der Waals surface area contributed by atoms with Crippen molar-refractivity contribution in [1.82, 2.24) is 10.2 Å². The van der Waals surface area contributed by atoms with Gasteiger partial charge in [0.25, 0.3) is 5.91 Å². The van der Waals surface area contributed by atoms with Crippen LogP contribution in [0.2, 0.25) is 0 Å². The van der Waals surface area contributed by atoms with Crippen molar-refractivity contribution in [1.29, 1.82) is 0 Å². The normalized spacial score (nSPS) is 27.4. The van der Waals surface area contributed by atoms with E-state index >= 15 is 0 Å². The minimum Gasteiger partial charge on any atom is -0.454 e. The fraction of sp³-hybridized carbons (Fsp3) is 0.536. The Labute approximate surface area is 201 Å². The van der Waals surface area contributed by atoms with E-state index in [4.69, 9.17) is 9.47 Å². The zero-order valence-corrected chi connectivity index (χ0v) is 19.6. The Morgan fingerprint density at radius 1 is 1.03 bits per heavy atom. The number of rotatable bonds is 8. The summed E-state index contributed by atoms with van der Waals surface area (Å²) < 4.78 is 10.9. The van der Waals surface area contributed by atoms with Crippen LogP contribution in [-0.2, 0) is 16.8 Å². The van der Waals surface area contributed by atoms with Gasteiger partial charge in [-0.3, -0.25) is 4.79 Å². The average Bonchev–Trinajstić information content (AvgIpc) is 3.41. The monoisotopic (exact) mass is 462 g/mol. The number of benzene rings is 2. The summed E-state index contributed by atoms with van der Waals surface area (Å²) in [6, 6.07) is 15.7. The van der Waals surface area contributed by atoms with Crippen LogP contribution in [0.15, 0.2) is 48.5 Å². The minimum absolute atomic E-state index is 0.000254. The zero-order chi connectivity index (χ0) is 23.1. The number of fused-ring (bicyclic) bond motifs is 2. The van der Waals surface area contributed by atoms with Gasteiger partial charge in [0.2, 0.25) is 6.79 Å². The van der Waals surface area contributed by atoms with Crippen molar-refractivity contribution in [3.8, 4) is 11.5 Å². The number of likely N-dealkylation sites (tertiary alicyclic amines) is 1. The summed E-state index contributed by atoms with van der Waals surface area (Å²) in [4.78, 5) is 15.9. The number of carbonyl (C=O) groups excluding carboxylic acids is 1. The highest BCUT2D eigenvalue weighted by Crippen LogP contribution is 2.51. The van der Waals surface area contributed by atoms with Crippen LogP contribution in [0.25, 0.3) is 0 Å². The zero-order valence-electron chi connectivity index (χ0n) is 19.6. The Balaban J connectivity index is 1.00. The molecule has 4 aliphatic rings. The molecule has 180 valence electrons. The van der Waals surface area contributed by atoms with Crippen LogP contribution in [-0.4, -0.2) is 48.9 Å². The van der Waals surface area contributed by atoms with E-state index in [0.29, 0.717) is 31.1 Å². The first-order valence-corrected chi connectivity index (χ1v) is 12.8. The third kappa shape index (κ3) is 3.97. The predicted molar refractivity (Wildman–Crippen MR) is 128 cm³/mol. The molecule has 0 spiro atoms. The summed E-state index contributed by atoms with van der Waals surface area (Å²) in [5.74, 6) is 3.33. The summed E-state index contributed by atoms with van der Waals surface area (Å²) in [6.07, 6.45) is 4.99. The summed E-state index contributed by atoms with van der Waals surface area (Å²) in [7, 11) is 0. The van der Waals surface area contributed by atoms with Crippen molar-refractivity contribution < 1.29 is 19.4 Å². The second-order valence-corrected chi connectivity index (χ2v) is 10.5. The Morgan fingerprint density at radius 2 is 1.76 bits per heavy atom. The maximum Gasteiger partial charge on any atom is 0.256 e. The summed E-state index contributed by atoms with van der Waals surface area (Å²) >= 11 is 0. The van der Waals surface area contributed by atoms with Gasteiger partial charge in [-0.1, -0.05) is 49.2 Å². The molecule has 2 aromatic rings. The third-order valence-corrected chi connectivity index (χ3v) is 8.61. The second-order valence-electron chi connectivity index (χ2n) is 10.5. The summed E-state index contributed by atoms with van der Waals surface area (Å²) in [5, 5.41) is 14.8. The Kier molecular flexibility index (Phi) is 5.74. The van der Waals surface area contributed by atoms with E-state index < -0.39 is 5.60 Å². The van der Waals surface area contributed by atoms with Crippen LogP contribution in [0.3, 0.4) is 0 Å². The van der Waals surface area contributed by atoms with Crippen molar-refractivity contribution >= 4 is 5.91 Å². The fourth-order valence-electron chi connectivity index (χ4n) is 6.54. The van der Waals surface area contributed by atoms with Gasteiger partial charge in [0, 0.05) is 32.1 Å². The molecule has 1 amide bonds. The van der Waals surface area contributed by atoms with E-state index in [1.807, 2.05) is 36.4 Å². The molecule has 2 aliphatic carbocycles. The molecule has 0 bridgehead atoms. The molecule has 2 aromatic carbocycles. The van der Waals surface area contributed by atoms with Gasteiger partial charge < -0.3 is 24.8 Å². The first-order chi connectivity index (χ1) is 16.6. The highest BCUT2D eigenvalue weighted by molar-refractivity contribution is 5.86. The molecule has 6 rings (SSSR count). The smallest absolute Gasteiger partial charge is 0.256 e. The number of ether oxygens (including phenoxy) is 2. The molecule has 3 unspecified atom stereocenters. The Morgan fingerprint density at radius 3 is 2.53 bits per heavy atom. The highest BCUT2D eigenvalue weighted by atomic mass is 16.7. The molecule has 34 heavy (non-hydrogen) atoms. The van der Waals surface area contributed by atoms with E-state index in [9.17, 15) is 9.90 Å². The van der Waals surface area contributed by atoms with Crippen LogP contribution in [0.4, 0.5) is 0 Å². The van der Waals surface area contributed by atoms with Crippen LogP contribution in [0.1, 0.15) is 36.8 Å². The molecule has 6 nitrogen and oxygen atoms in total. The number of nitrogens with zero attached hydrogens (tertiary/aromatic N) is 1. The van der Waals surface area contributed by atoms with Crippen molar-refractivity contribution in [3.63, 3.8) is 0 Å². The number of piperidine rings is 1. The number of carbonyl (C=O) groups is 1. The van der Waals surface area contributed by atoms with Crippen LogP contribution < -0.4 is 14.8 Å². The van der Waals surface area contributed by atoms with E-state index in [1.54, 1.807) is 0 Å². The van der Waals surface area contributed by atoms with Gasteiger partial charge in [-0.15, -0.1) is 0 Å². The van der Waals surface area contributed by atoms with Crippen molar-refractivity contribution in [3.05, 3.63) is 59.7 Å². The van der Waals surface area contributed by atoms with Crippen LogP contribution >= 0.6 is 0 Å². The number of hydrogen-bond donors (Lipinski definition) is 2. The van der Waals surface area contributed by atoms with E-state index in [2.05, 4.69) is 22.3 Å². The lowest BCUT2D eigenvalue weighted by molar-refractivity contribution is -0.147. The molecule has 0 aromatic heterocycles. The van der Waals surface area contributed by atoms with E-state index in [-0.39, 0.29) is 11.8 Å². The molecule has 2 aliphatic heterocycles. The molecule has 3 atom stereocenters. The topological polar surface area (TPSA) is 71.0 Å². The SMILES string of the molecule is O=C(NCC1C2CN(CCc3ccc4c(c3)OCO4)CC12)C(O)(c1ccccc1)C1CCCC1. The summed E-state index contributed by atoms with van der Waals surface area (Å²) in [6.45, 7) is 4.23. The number of nitrogens with one attached hydrogen (secondary N) is 1. The van der Waals surface area contributed by atoms with Crippen LogP contribution in [0.5, 0.6) is 11.5 Å². The molecule has 3 fully saturated rings. The lowest BCUT2D eigenvalue weighted by Gasteiger charge is -2.33. The number of hydrogen-bond acceptors (Lipinski definition) is 5. The average molecular weight is 463 g/mol. The van der Waals surface area contributed by atoms with Gasteiger partial charge in [-0.25, -0.2) is 0 Å². The van der Waals surface area contributed by atoms with Gasteiger partial charge in [0.1, 0.15) is 0 Å². The first kappa shape index (κ1) is 21.9. The number of amides is 1. The highest BCUT2D eigenvalue weighted by Gasteiger charge is 2.55. The standard InChI is InChI=1S/C28H34N2O4/c31-27(28(32,21-8-4-5-9-21)20-6-2-1-3-7-20)29-15-22-23-16-30(17-24(22)23)13-12-19-10-11-25-26(14-19)34-18-33-25/h1-3,6-7,10-11,14,21-24,32H,4-5,8-9,12-13,15-18H2,(H,29,31). The fourth-order valence-corrected chi connectivity index (χ4v) is 6.54.